The van der Waals surface area contributed by atoms with E-state index < -0.39 is 14.0 Å². The molecule has 4 rings (SSSR count). The fourth-order valence-corrected chi connectivity index (χ4v) is 21.0. The first kappa shape index (κ1) is 29.7. The molecule has 0 heterocycles. The molecule has 0 aliphatic heterocycles. The third-order valence-corrected chi connectivity index (χ3v) is 19.8. The van der Waals surface area contributed by atoms with Gasteiger partial charge in [0.2, 0.25) is 0 Å². The molecular weight excluding hydrogens is 507 g/mol. The van der Waals surface area contributed by atoms with E-state index in [0.717, 1.165) is 0 Å². The van der Waals surface area contributed by atoms with Gasteiger partial charge < -0.3 is 0 Å². The minimum atomic E-state index is -3.12. The van der Waals surface area contributed by atoms with Crippen LogP contribution in [0.25, 0.3) is 12.2 Å². The zero-order valence-electron chi connectivity index (χ0n) is 22.8. The maximum Gasteiger partial charge on any atom is -0.147 e. The third-order valence-electron chi connectivity index (χ3n) is 8.07. The molecule has 0 aromatic heterocycles. The van der Waals surface area contributed by atoms with Crippen LogP contribution in [0.1, 0.15) is 97.2 Å². The predicted molar refractivity (Wildman–Crippen MR) is 158 cm³/mol. The summed E-state index contributed by atoms with van der Waals surface area (Å²) in [6, 6.07) is 14.2. The van der Waals surface area contributed by atoms with Gasteiger partial charge in [-0.1, -0.05) is 0 Å². The fourth-order valence-electron chi connectivity index (χ4n) is 7.10. The molecule has 2 aliphatic carbocycles. The molecule has 0 nitrogen and oxygen atoms in total. The topological polar surface area (TPSA) is 0 Å². The average molecular weight is 552 g/mol. The second kappa shape index (κ2) is 9.07. The molecule has 2 aromatic carbocycles. The van der Waals surface area contributed by atoms with Gasteiger partial charge in [-0.2, -0.15) is 0 Å². The van der Waals surface area contributed by atoms with Gasteiger partial charge in [0, 0.05) is 0 Å². The first-order valence-electron chi connectivity index (χ1n) is 12.2. The van der Waals surface area contributed by atoms with Crippen LogP contribution >= 0.6 is 24.8 Å². The van der Waals surface area contributed by atoms with Crippen molar-refractivity contribution in [1.82, 2.24) is 0 Å². The van der Waals surface area contributed by atoms with Gasteiger partial charge in [0.15, 0.2) is 0 Å². The Morgan fingerprint density at radius 3 is 1.26 bits per heavy atom. The molecule has 0 radical (unpaired) electrons. The summed E-state index contributed by atoms with van der Waals surface area (Å²) in [5.74, 6) is 0. The van der Waals surface area contributed by atoms with Crippen molar-refractivity contribution in [3.8, 4) is 0 Å². The Bertz CT molecular complexity index is 1150. The maximum absolute atomic E-state index is 3.12. The summed E-state index contributed by atoms with van der Waals surface area (Å²) in [7, 11) is 2.42. The summed E-state index contributed by atoms with van der Waals surface area (Å²) >= 11 is -3.12. The molecule has 2 atom stereocenters. The van der Waals surface area contributed by atoms with Gasteiger partial charge in [-0.05, 0) is 0 Å². The summed E-state index contributed by atoms with van der Waals surface area (Å²) < 4.78 is 1.17. The molecule has 4 heteroatoms. The van der Waals surface area contributed by atoms with E-state index in [1.54, 1.807) is 22.3 Å². The van der Waals surface area contributed by atoms with Crippen molar-refractivity contribution in [2.75, 3.05) is 0 Å². The van der Waals surface area contributed by atoms with Crippen LogP contribution < -0.4 is 0 Å². The van der Waals surface area contributed by atoms with Gasteiger partial charge >= 0.3 is 200 Å². The Kier molecular flexibility index (Phi) is 7.91. The number of allylic oxidation sites excluding steroid dienone is 2. The van der Waals surface area contributed by atoms with E-state index in [-0.39, 0.29) is 35.6 Å². The van der Waals surface area contributed by atoms with E-state index in [1.807, 2.05) is 0 Å². The van der Waals surface area contributed by atoms with E-state index in [2.05, 4.69) is 122 Å². The first-order valence-corrected chi connectivity index (χ1v) is 21.2. The molecular formula is C30H44Cl2SiTi. The normalized spacial score (nSPS) is 20.0. The van der Waals surface area contributed by atoms with E-state index in [4.69, 9.17) is 0 Å². The smallest absolute Gasteiger partial charge is 0.147 e. The van der Waals surface area contributed by atoms with Gasteiger partial charge in [0.1, 0.15) is 0 Å². The number of halogens is 2. The van der Waals surface area contributed by atoms with Crippen molar-refractivity contribution < 1.29 is 14.0 Å². The average Bonchev–Trinajstić information content (AvgIpc) is 3.15. The second-order valence-electron chi connectivity index (χ2n) is 13.7. The Morgan fingerprint density at radius 1 is 0.647 bits per heavy atom. The van der Waals surface area contributed by atoms with Gasteiger partial charge in [-0.3, -0.25) is 0 Å². The molecule has 2 aliphatic rings. The zero-order valence-corrected chi connectivity index (χ0v) is 27.4. The third kappa shape index (κ3) is 4.61. The number of hydrogen-bond acceptors (Lipinski definition) is 0. The van der Waals surface area contributed by atoms with Gasteiger partial charge in [-0.25, -0.2) is 0 Å². The summed E-state index contributed by atoms with van der Waals surface area (Å²) in [6.45, 7) is 18.9. The van der Waals surface area contributed by atoms with E-state index in [0.29, 0.717) is 8.45 Å². The van der Waals surface area contributed by atoms with Crippen LogP contribution in [0.3, 0.4) is 0 Å². The van der Waals surface area contributed by atoms with Crippen LogP contribution in [-0.4, -0.2) is 7.63 Å². The van der Waals surface area contributed by atoms with Crippen LogP contribution in [0, 0.1) is 0 Å². The van der Waals surface area contributed by atoms with Crippen LogP contribution in [-0.2, 0) is 24.9 Å². The fraction of sp³-hybridized carbons (Fsp3) is 0.467. The van der Waals surface area contributed by atoms with Crippen molar-refractivity contribution in [3.05, 3.63) is 80.9 Å². The summed E-state index contributed by atoms with van der Waals surface area (Å²) in [5, 5.41) is 5.44. The number of benzene rings is 2. The number of fused-ring (bicyclic) bond motifs is 2. The SMILES string of the molecule is CC1=Cc2c(cccc2C(C)(C)C)[CH]1[Ti]([CH3])([CH3])(=[SiH2])[CH]1C(C)=Cc2c1cccc2C(C)(C)C.Cl.Cl. The molecule has 0 fully saturated rings. The molecule has 0 amide bonds. The summed E-state index contributed by atoms with van der Waals surface area (Å²) in [4.78, 5) is 0. The molecule has 0 N–H and O–H groups in total. The number of hydrogen-bond donors (Lipinski definition) is 0. The van der Waals surface area contributed by atoms with Crippen molar-refractivity contribution in [1.29, 1.82) is 0 Å². The minimum absolute atomic E-state index is 0. The Morgan fingerprint density at radius 2 is 0.971 bits per heavy atom. The van der Waals surface area contributed by atoms with E-state index >= 15 is 0 Å². The van der Waals surface area contributed by atoms with Crippen molar-refractivity contribution in [3.63, 3.8) is 0 Å². The quantitative estimate of drug-likeness (QED) is 0.327. The molecule has 34 heavy (non-hydrogen) atoms. The molecule has 186 valence electrons. The van der Waals surface area contributed by atoms with E-state index in [1.165, 1.54) is 22.3 Å². The molecule has 0 spiro atoms. The van der Waals surface area contributed by atoms with Crippen molar-refractivity contribution in [2.45, 2.75) is 85.1 Å². The van der Waals surface area contributed by atoms with Gasteiger partial charge in [0.25, 0.3) is 0 Å². The summed E-state index contributed by atoms with van der Waals surface area (Å²) in [6.07, 6.45) is 5.07. The largest absolute Gasteiger partial charge is 0.147 e. The van der Waals surface area contributed by atoms with Gasteiger partial charge in [0.05, 0.1) is 0 Å². The monoisotopic (exact) mass is 550 g/mol. The predicted octanol–water partition coefficient (Wildman–Crippen LogP) is 9.08. The Hall–Kier alpha value is -0.569. The van der Waals surface area contributed by atoms with Crippen LogP contribution in [0.5, 0.6) is 0 Å². The zero-order chi connectivity index (χ0) is 23.9. The van der Waals surface area contributed by atoms with Crippen LogP contribution in [0.15, 0.2) is 47.5 Å². The molecule has 0 bridgehead atoms. The maximum atomic E-state index is 2.72. The first-order chi connectivity index (χ1) is 14.5. The molecule has 2 unspecified atom stereocenters. The Labute approximate surface area is 223 Å². The summed E-state index contributed by atoms with van der Waals surface area (Å²) in [5.41, 5.74) is 12.7. The van der Waals surface area contributed by atoms with Crippen LogP contribution in [0.2, 0.25) is 10.5 Å². The standard InChI is InChI=1S/2C14H17.2CH3.2ClH.H2Si.Ti/c2*1-10-8-11-6-5-7-13(12(11)9-10)14(2,3)4;;;;;;/h2*5-9H,1-4H3;2*1H3;2*1H;1H2;. The molecule has 0 saturated heterocycles. The molecule has 2 aromatic rings. The van der Waals surface area contributed by atoms with E-state index in [9.17, 15) is 0 Å². The second-order valence-corrected chi connectivity index (χ2v) is 33.9. The van der Waals surface area contributed by atoms with Crippen LogP contribution in [0.4, 0.5) is 0 Å². The minimum Gasteiger partial charge on any atom is -0.147 e. The number of rotatable bonds is 2. The van der Waals surface area contributed by atoms with Crippen molar-refractivity contribution >= 4 is 44.6 Å². The molecule has 0 saturated carbocycles. The van der Waals surface area contributed by atoms with Gasteiger partial charge in [-0.15, -0.1) is 24.8 Å². The Balaban J connectivity index is 0.00000204. The van der Waals surface area contributed by atoms with Crippen molar-refractivity contribution in [2.24, 2.45) is 0 Å².